The maximum Gasteiger partial charge on any atom is 0.234 e. The average Bonchev–Trinajstić information content (AvgIpc) is 3.04. The van der Waals surface area contributed by atoms with Crippen LogP contribution in [0.5, 0.6) is 5.75 Å². The second kappa shape index (κ2) is 8.98. The van der Waals surface area contributed by atoms with Crippen LogP contribution in [-0.2, 0) is 16.1 Å². The molecular weight excluding hydrogens is 334 g/mol. The first-order valence-corrected chi connectivity index (χ1v) is 8.91. The SMILES string of the molecule is COCCNC(=O)CN1CCN(Cc2nc3ccc(OC)cc3[nH]2)CC1. The summed E-state index contributed by atoms with van der Waals surface area (Å²) in [6, 6.07) is 5.85. The van der Waals surface area contributed by atoms with Crippen molar-refractivity contribution >= 4 is 16.9 Å². The molecule has 8 nitrogen and oxygen atoms in total. The summed E-state index contributed by atoms with van der Waals surface area (Å²) in [5, 5.41) is 2.86. The van der Waals surface area contributed by atoms with Gasteiger partial charge in [0.15, 0.2) is 0 Å². The zero-order valence-electron chi connectivity index (χ0n) is 15.5. The normalized spacial score (nSPS) is 16.1. The lowest BCUT2D eigenvalue weighted by molar-refractivity contribution is -0.122. The first kappa shape index (κ1) is 18.6. The second-order valence-corrected chi connectivity index (χ2v) is 6.46. The Morgan fingerprint density at radius 1 is 1.23 bits per heavy atom. The highest BCUT2D eigenvalue weighted by atomic mass is 16.5. The quantitative estimate of drug-likeness (QED) is 0.665. The van der Waals surface area contributed by atoms with Crippen LogP contribution in [0.2, 0.25) is 0 Å². The van der Waals surface area contributed by atoms with E-state index in [9.17, 15) is 4.79 Å². The van der Waals surface area contributed by atoms with E-state index < -0.39 is 0 Å². The Morgan fingerprint density at radius 2 is 2.00 bits per heavy atom. The van der Waals surface area contributed by atoms with Gasteiger partial charge in [0.2, 0.25) is 5.91 Å². The number of benzene rings is 1. The number of hydrogen-bond acceptors (Lipinski definition) is 6. The smallest absolute Gasteiger partial charge is 0.234 e. The molecule has 2 heterocycles. The van der Waals surface area contributed by atoms with Crippen molar-refractivity contribution in [1.29, 1.82) is 0 Å². The van der Waals surface area contributed by atoms with Crippen molar-refractivity contribution in [2.45, 2.75) is 6.54 Å². The molecule has 142 valence electrons. The molecule has 0 aliphatic carbocycles. The van der Waals surface area contributed by atoms with Crippen LogP contribution >= 0.6 is 0 Å². The summed E-state index contributed by atoms with van der Waals surface area (Å²) in [6.07, 6.45) is 0. The largest absolute Gasteiger partial charge is 0.497 e. The molecule has 1 aromatic carbocycles. The Balaban J connectivity index is 1.46. The highest BCUT2D eigenvalue weighted by Gasteiger charge is 2.19. The average molecular weight is 361 g/mol. The van der Waals surface area contributed by atoms with E-state index in [4.69, 9.17) is 9.47 Å². The molecule has 2 aromatic rings. The van der Waals surface area contributed by atoms with E-state index in [2.05, 4.69) is 25.1 Å². The molecule has 1 aliphatic heterocycles. The summed E-state index contributed by atoms with van der Waals surface area (Å²) in [7, 11) is 3.29. The number of ether oxygens (including phenoxy) is 2. The third-order valence-corrected chi connectivity index (χ3v) is 4.57. The van der Waals surface area contributed by atoms with Gasteiger partial charge in [-0.15, -0.1) is 0 Å². The predicted octanol–water partition coefficient (Wildman–Crippen LogP) is 0.452. The number of aromatic nitrogens is 2. The summed E-state index contributed by atoms with van der Waals surface area (Å²) in [5.41, 5.74) is 1.94. The molecule has 3 rings (SSSR count). The number of aromatic amines is 1. The molecule has 1 aliphatic rings. The zero-order chi connectivity index (χ0) is 18.4. The van der Waals surface area contributed by atoms with E-state index in [1.165, 1.54) is 0 Å². The highest BCUT2D eigenvalue weighted by molar-refractivity contribution is 5.78. The van der Waals surface area contributed by atoms with Gasteiger partial charge in [-0.3, -0.25) is 14.6 Å². The van der Waals surface area contributed by atoms with Crippen molar-refractivity contribution in [2.24, 2.45) is 0 Å². The van der Waals surface area contributed by atoms with Gasteiger partial charge >= 0.3 is 0 Å². The number of hydrogen-bond donors (Lipinski definition) is 2. The summed E-state index contributed by atoms with van der Waals surface area (Å²) in [5.74, 6) is 1.84. The number of rotatable bonds is 8. The number of nitrogens with one attached hydrogen (secondary N) is 2. The van der Waals surface area contributed by atoms with Crippen molar-refractivity contribution in [2.75, 3.05) is 60.1 Å². The molecule has 0 unspecified atom stereocenters. The zero-order valence-corrected chi connectivity index (χ0v) is 15.5. The van der Waals surface area contributed by atoms with Crippen LogP contribution in [0.1, 0.15) is 5.82 Å². The lowest BCUT2D eigenvalue weighted by Gasteiger charge is -2.33. The van der Waals surface area contributed by atoms with Crippen molar-refractivity contribution in [3.8, 4) is 5.75 Å². The maximum atomic E-state index is 11.9. The third-order valence-electron chi connectivity index (χ3n) is 4.57. The lowest BCUT2D eigenvalue weighted by atomic mass is 10.3. The molecule has 0 bridgehead atoms. The molecule has 2 N–H and O–H groups in total. The minimum absolute atomic E-state index is 0.0572. The predicted molar refractivity (Wildman–Crippen MR) is 99.2 cm³/mol. The molecule has 1 saturated heterocycles. The Hall–Kier alpha value is -2.16. The third kappa shape index (κ3) is 4.94. The first-order chi connectivity index (χ1) is 12.7. The number of fused-ring (bicyclic) bond motifs is 1. The number of carbonyl (C=O) groups is 1. The number of methoxy groups -OCH3 is 2. The van der Waals surface area contributed by atoms with Gasteiger partial charge in [0.1, 0.15) is 11.6 Å². The van der Waals surface area contributed by atoms with Crippen molar-refractivity contribution in [3.63, 3.8) is 0 Å². The Kier molecular flexibility index (Phi) is 6.43. The molecule has 0 atom stereocenters. The van der Waals surface area contributed by atoms with Crippen LogP contribution in [-0.4, -0.2) is 85.8 Å². The van der Waals surface area contributed by atoms with Gasteiger partial charge in [0.25, 0.3) is 0 Å². The summed E-state index contributed by atoms with van der Waals surface area (Å²) in [4.78, 5) is 24.4. The van der Waals surface area contributed by atoms with Crippen LogP contribution in [0.25, 0.3) is 11.0 Å². The Bertz CT molecular complexity index is 725. The van der Waals surface area contributed by atoms with Crippen LogP contribution in [0, 0.1) is 0 Å². The molecule has 1 amide bonds. The fourth-order valence-electron chi connectivity index (χ4n) is 3.11. The van der Waals surface area contributed by atoms with Crippen molar-refractivity contribution in [1.82, 2.24) is 25.1 Å². The molecule has 26 heavy (non-hydrogen) atoms. The first-order valence-electron chi connectivity index (χ1n) is 8.91. The number of piperazine rings is 1. The van der Waals surface area contributed by atoms with Crippen LogP contribution in [0.3, 0.4) is 0 Å². The maximum absolute atomic E-state index is 11.9. The van der Waals surface area contributed by atoms with E-state index in [-0.39, 0.29) is 5.91 Å². The Labute approximate surface area is 153 Å². The fraction of sp³-hybridized carbons (Fsp3) is 0.556. The molecule has 1 aromatic heterocycles. The van der Waals surface area contributed by atoms with E-state index in [0.29, 0.717) is 19.7 Å². The topological polar surface area (TPSA) is 82.7 Å². The number of imidazole rings is 1. The number of H-pyrrole nitrogens is 1. The minimum atomic E-state index is 0.0572. The van der Waals surface area contributed by atoms with Gasteiger partial charge in [-0.25, -0.2) is 4.98 Å². The van der Waals surface area contributed by atoms with Crippen LogP contribution in [0.15, 0.2) is 18.2 Å². The van der Waals surface area contributed by atoms with Crippen molar-refractivity contribution < 1.29 is 14.3 Å². The molecule has 8 heteroatoms. The summed E-state index contributed by atoms with van der Waals surface area (Å²) >= 11 is 0. The second-order valence-electron chi connectivity index (χ2n) is 6.46. The van der Waals surface area contributed by atoms with Crippen LogP contribution < -0.4 is 10.1 Å². The van der Waals surface area contributed by atoms with Crippen LogP contribution in [0.4, 0.5) is 0 Å². The molecule has 0 radical (unpaired) electrons. The van der Waals surface area contributed by atoms with Gasteiger partial charge < -0.3 is 19.8 Å². The van der Waals surface area contributed by atoms with E-state index in [1.54, 1.807) is 14.2 Å². The van der Waals surface area contributed by atoms with E-state index in [1.807, 2.05) is 18.2 Å². The number of amides is 1. The van der Waals surface area contributed by atoms with Crippen molar-refractivity contribution in [3.05, 3.63) is 24.0 Å². The highest BCUT2D eigenvalue weighted by Crippen LogP contribution is 2.19. The standard InChI is InChI=1S/C18H27N5O3/c1-25-10-5-19-18(24)13-23-8-6-22(7-9-23)12-17-20-15-4-3-14(26-2)11-16(15)21-17/h3-4,11H,5-10,12-13H2,1-2H3,(H,19,24)(H,20,21). The van der Waals surface area contributed by atoms with Gasteiger partial charge in [0, 0.05) is 45.9 Å². The van der Waals surface area contributed by atoms with E-state index in [0.717, 1.165) is 55.3 Å². The van der Waals surface area contributed by atoms with Gasteiger partial charge in [-0.05, 0) is 12.1 Å². The van der Waals surface area contributed by atoms with Gasteiger partial charge in [-0.1, -0.05) is 0 Å². The number of nitrogens with zero attached hydrogens (tertiary/aromatic N) is 3. The molecule has 0 saturated carbocycles. The molecular formula is C18H27N5O3. The monoisotopic (exact) mass is 361 g/mol. The molecule has 0 spiro atoms. The fourth-order valence-corrected chi connectivity index (χ4v) is 3.11. The molecule has 1 fully saturated rings. The summed E-state index contributed by atoms with van der Waals surface area (Å²) < 4.78 is 10.2. The van der Waals surface area contributed by atoms with Gasteiger partial charge in [0.05, 0.1) is 37.8 Å². The lowest BCUT2D eigenvalue weighted by Crippen LogP contribution is -2.49. The minimum Gasteiger partial charge on any atom is -0.497 e. The number of carbonyl (C=O) groups excluding carboxylic acids is 1. The summed E-state index contributed by atoms with van der Waals surface area (Å²) in [6.45, 7) is 5.94. The Morgan fingerprint density at radius 3 is 2.73 bits per heavy atom. The van der Waals surface area contributed by atoms with E-state index >= 15 is 0 Å². The van der Waals surface area contributed by atoms with Gasteiger partial charge in [-0.2, -0.15) is 0 Å².